The molecule has 0 aliphatic carbocycles. The molecule has 1 amide bonds. The maximum Gasteiger partial charge on any atom is 0.260 e. The molecular formula is C14H19NO3. The van der Waals surface area contributed by atoms with E-state index in [2.05, 4.69) is 0 Å². The predicted octanol–water partition coefficient (Wildman–Crippen LogP) is 1.70. The third kappa shape index (κ3) is 3.23. The van der Waals surface area contributed by atoms with Crippen molar-refractivity contribution < 1.29 is 14.3 Å². The zero-order valence-electron chi connectivity index (χ0n) is 10.8. The Morgan fingerprint density at radius 1 is 1.39 bits per heavy atom. The number of nitrogens with zero attached hydrogens (tertiary/aromatic N) is 1. The van der Waals surface area contributed by atoms with E-state index in [9.17, 15) is 4.79 Å². The lowest BCUT2D eigenvalue weighted by Gasteiger charge is -2.36. The van der Waals surface area contributed by atoms with Gasteiger partial charge in [0.05, 0.1) is 18.8 Å². The Kier molecular flexibility index (Phi) is 4.20. The number of rotatable bonds is 3. The van der Waals surface area contributed by atoms with E-state index in [4.69, 9.17) is 9.47 Å². The van der Waals surface area contributed by atoms with Gasteiger partial charge in [-0.2, -0.15) is 0 Å². The highest BCUT2D eigenvalue weighted by molar-refractivity contribution is 5.78. The summed E-state index contributed by atoms with van der Waals surface area (Å²) in [7, 11) is 0. The van der Waals surface area contributed by atoms with Gasteiger partial charge < -0.3 is 14.4 Å². The van der Waals surface area contributed by atoms with Crippen molar-refractivity contribution in [1.82, 2.24) is 4.90 Å². The number of carbonyl (C=O) groups excluding carboxylic acids is 1. The standard InChI is InChI=1S/C14H19NO3/c1-11-9-17-12(2)8-15(11)14(16)10-18-13-6-4-3-5-7-13/h3-7,11-12H,8-10H2,1-2H3. The second-order valence-corrected chi connectivity index (χ2v) is 4.64. The van der Waals surface area contributed by atoms with Gasteiger partial charge >= 0.3 is 0 Å². The normalized spacial score (nSPS) is 23.8. The van der Waals surface area contributed by atoms with Crippen molar-refractivity contribution in [2.75, 3.05) is 19.8 Å². The van der Waals surface area contributed by atoms with Crippen LogP contribution in [0.4, 0.5) is 0 Å². The molecule has 1 fully saturated rings. The average Bonchev–Trinajstić information content (AvgIpc) is 2.40. The van der Waals surface area contributed by atoms with Gasteiger partial charge in [0.1, 0.15) is 5.75 Å². The van der Waals surface area contributed by atoms with Crippen molar-refractivity contribution >= 4 is 5.91 Å². The lowest BCUT2D eigenvalue weighted by atomic mass is 10.2. The number of morpholine rings is 1. The largest absolute Gasteiger partial charge is 0.484 e. The molecule has 1 aromatic carbocycles. The van der Waals surface area contributed by atoms with Gasteiger partial charge in [0.15, 0.2) is 6.61 Å². The Bertz CT molecular complexity index is 393. The van der Waals surface area contributed by atoms with E-state index in [1.54, 1.807) is 0 Å². The van der Waals surface area contributed by atoms with Crippen molar-refractivity contribution in [2.45, 2.75) is 26.0 Å². The lowest BCUT2D eigenvalue weighted by molar-refractivity contribution is -0.145. The number of hydrogen-bond acceptors (Lipinski definition) is 3. The van der Waals surface area contributed by atoms with Crippen molar-refractivity contribution in [1.29, 1.82) is 0 Å². The predicted molar refractivity (Wildman–Crippen MR) is 68.5 cm³/mol. The van der Waals surface area contributed by atoms with Crippen molar-refractivity contribution in [3.63, 3.8) is 0 Å². The van der Waals surface area contributed by atoms with Gasteiger partial charge in [-0.15, -0.1) is 0 Å². The molecular weight excluding hydrogens is 230 g/mol. The fourth-order valence-electron chi connectivity index (χ4n) is 2.00. The SMILES string of the molecule is CC1CN(C(=O)COc2ccccc2)C(C)CO1. The van der Waals surface area contributed by atoms with E-state index in [-0.39, 0.29) is 24.7 Å². The molecule has 1 saturated heterocycles. The molecule has 1 aliphatic rings. The Hall–Kier alpha value is -1.55. The minimum absolute atomic E-state index is 0.0153. The monoisotopic (exact) mass is 249 g/mol. The molecule has 2 unspecified atom stereocenters. The highest BCUT2D eigenvalue weighted by Gasteiger charge is 2.27. The molecule has 98 valence electrons. The number of benzene rings is 1. The quantitative estimate of drug-likeness (QED) is 0.818. The first-order chi connectivity index (χ1) is 8.66. The van der Waals surface area contributed by atoms with Crippen LogP contribution in [0.3, 0.4) is 0 Å². The van der Waals surface area contributed by atoms with Crippen LogP contribution in [0.5, 0.6) is 5.75 Å². The van der Waals surface area contributed by atoms with Gasteiger partial charge in [0.2, 0.25) is 0 Å². The summed E-state index contributed by atoms with van der Waals surface area (Å²) >= 11 is 0. The summed E-state index contributed by atoms with van der Waals surface area (Å²) in [5.74, 6) is 0.737. The second kappa shape index (κ2) is 5.87. The van der Waals surface area contributed by atoms with Gasteiger partial charge in [0, 0.05) is 6.54 Å². The maximum atomic E-state index is 12.1. The van der Waals surface area contributed by atoms with Crippen LogP contribution in [-0.4, -0.2) is 42.7 Å². The van der Waals surface area contributed by atoms with Crippen LogP contribution in [0.25, 0.3) is 0 Å². The van der Waals surface area contributed by atoms with Crippen molar-refractivity contribution in [2.24, 2.45) is 0 Å². The Morgan fingerprint density at radius 2 is 2.11 bits per heavy atom. The summed E-state index contributed by atoms with van der Waals surface area (Å²) in [4.78, 5) is 13.9. The fraction of sp³-hybridized carbons (Fsp3) is 0.500. The molecule has 2 atom stereocenters. The third-order valence-corrected chi connectivity index (χ3v) is 3.03. The first-order valence-corrected chi connectivity index (χ1v) is 6.25. The van der Waals surface area contributed by atoms with E-state index < -0.39 is 0 Å². The van der Waals surface area contributed by atoms with E-state index in [1.807, 2.05) is 49.1 Å². The van der Waals surface area contributed by atoms with E-state index in [1.165, 1.54) is 0 Å². The van der Waals surface area contributed by atoms with Crippen LogP contribution in [0.1, 0.15) is 13.8 Å². The van der Waals surface area contributed by atoms with Gasteiger partial charge in [0.25, 0.3) is 5.91 Å². The number of hydrogen-bond donors (Lipinski definition) is 0. The maximum absolute atomic E-state index is 12.1. The molecule has 0 saturated carbocycles. The lowest BCUT2D eigenvalue weighted by Crippen LogP contribution is -2.51. The molecule has 18 heavy (non-hydrogen) atoms. The summed E-state index contributed by atoms with van der Waals surface area (Å²) in [5, 5.41) is 0. The van der Waals surface area contributed by atoms with Crippen LogP contribution in [0.2, 0.25) is 0 Å². The number of carbonyl (C=O) groups is 1. The van der Waals surface area contributed by atoms with Gasteiger partial charge in [-0.05, 0) is 26.0 Å². The van der Waals surface area contributed by atoms with E-state index >= 15 is 0 Å². The van der Waals surface area contributed by atoms with Crippen LogP contribution in [0, 0.1) is 0 Å². The summed E-state index contributed by atoms with van der Waals surface area (Å²) in [5.41, 5.74) is 0. The van der Waals surface area contributed by atoms with Crippen LogP contribution >= 0.6 is 0 Å². The van der Waals surface area contributed by atoms with E-state index in [0.29, 0.717) is 13.2 Å². The van der Waals surface area contributed by atoms with Gasteiger partial charge in [-0.3, -0.25) is 4.79 Å². The zero-order valence-corrected chi connectivity index (χ0v) is 10.8. The molecule has 0 N–H and O–H groups in total. The van der Waals surface area contributed by atoms with Gasteiger partial charge in [-0.1, -0.05) is 18.2 Å². The van der Waals surface area contributed by atoms with Crippen molar-refractivity contribution in [3.05, 3.63) is 30.3 Å². The summed E-state index contributed by atoms with van der Waals surface area (Å²) in [6.07, 6.45) is 0.0990. The smallest absolute Gasteiger partial charge is 0.260 e. The van der Waals surface area contributed by atoms with Gasteiger partial charge in [-0.25, -0.2) is 0 Å². The first-order valence-electron chi connectivity index (χ1n) is 6.25. The summed E-state index contributed by atoms with van der Waals surface area (Å²) < 4.78 is 11.0. The summed E-state index contributed by atoms with van der Waals surface area (Å²) in [6, 6.07) is 9.50. The fourth-order valence-corrected chi connectivity index (χ4v) is 2.00. The molecule has 4 heteroatoms. The molecule has 4 nitrogen and oxygen atoms in total. The minimum Gasteiger partial charge on any atom is -0.484 e. The Morgan fingerprint density at radius 3 is 2.83 bits per heavy atom. The topological polar surface area (TPSA) is 38.8 Å². The molecule has 1 aromatic rings. The average molecular weight is 249 g/mol. The summed E-state index contributed by atoms with van der Waals surface area (Å²) in [6.45, 7) is 5.29. The minimum atomic E-state index is 0.0153. The zero-order chi connectivity index (χ0) is 13.0. The molecule has 1 heterocycles. The highest BCUT2D eigenvalue weighted by atomic mass is 16.5. The van der Waals surface area contributed by atoms with Crippen LogP contribution < -0.4 is 4.74 Å². The highest BCUT2D eigenvalue weighted by Crippen LogP contribution is 2.13. The Labute approximate surface area is 107 Å². The molecule has 0 spiro atoms. The Balaban J connectivity index is 1.87. The number of para-hydroxylation sites is 1. The first kappa shape index (κ1) is 12.9. The third-order valence-electron chi connectivity index (χ3n) is 3.03. The molecule has 0 aromatic heterocycles. The molecule has 1 aliphatic heterocycles. The number of ether oxygens (including phenoxy) is 2. The van der Waals surface area contributed by atoms with E-state index in [0.717, 1.165) is 5.75 Å². The molecule has 2 rings (SSSR count). The van der Waals surface area contributed by atoms with Crippen LogP contribution in [-0.2, 0) is 9.53 Å². The van der Waals surface area contributed by atoms with Crippen LogP contribution in [0.15, 0.2) is 30.3 Å². The second-order valence-electron chi connectivity index (χ2n) is 4.64. The van der Waals surface area contributed by atoms with Crippen molar-refractivity contribution in [3.8, 4) is 5.75 Å². The molecule has 0 radical (unpaired) electrons. The number of amides is 1. The molecule has 0 bridgehead atoms.